The van der Waals surface area contributed by atoms with Gasteiger partial charge in [-0.15, -0.1) is 0 Å². The second kappa shape index (κ2) is 12.2. The number of halogens is 5. The van der Waals surface area contributed by atoms with Crippen LogP contribution in [0.2, 0.25) is 10.0 Å². The van der Waals surface area contributed by atoms with Crippen LogP contribution in [0.15, 0.2) is 12.1 Å². The first-order chi connectivity index (χ1) is 15.1. The molecule has 1 aromatic rings. The van der Waals surface area contributed by atoms with Crippen LogP contribution in [0.4, 0.5) is 18.0 Å². The first-order valence-electron chi connectivity index (χ1n) is 9.67. The zero-order valence-corrected chi connectivity index (χ0v) is 19.9. The quantitative estimate of drug-likeness (QED) is 0.379. The zero-order chi connectivity index (χ0) is 25.4. The standard InChI is InChI=1S/C20H25Cl2F3N2O6/c1-19(2,3)33-18(30)26-6-5-7-32-15-12(21)8-11(9-13(15)22)10-14(16(28)31-4)27-17(29)20(23,24)25/h8-9,14H,5-7,10H2,1-4H3,(H,26,30)(H,27,29)/t14-/m0/s1. The minimum Gasteiger partial charge on any atom is -0.490 e. The number of hydrogen-bond donors (Lipinski definition) is 2. The predicted octanol–water partition coefficient (Wildman–Crippen LogP) is 4.05. The fourth-order valence-electron chi connectivity index (χ4n) is 2.43. The summed E-state index contributed by atoms with van der Waals surface area (Å²) in [5.41, 5.74) is -0.354. The number of carbonyl (C=O) groups is 3. The molecule has 2 amide bonds. The number of benzene rings is 1. The predicted molar refractivity (Wildman–Crippen MR) is 115 cm³/mol. The number of hydrogen-bond acceptors (Lipinski definition) is 6. The van der Waals surface area contributed by atoms with Crippen molar-refractivity contribution in [1.29, 1.82) is 0 Å². The average molecular weight is 517 g/mol. The molecule has 1 atom stereocenters. The second-order valence-corrected chi connectivity index (χ2v) is 8.58. The number of esters is 1. The van der Waals surface area contributed by atoms with E-state index in [9.17, 15) is 27.6 Å². The van der Waals surface area contributed by atoms with Crippen molar-refractivity contribution >= 4 is 41.2 Å². The number of methoxy groups -OCH3 is 1. The number of rotatable bonds is 9. The van der Waals surface area contributed by atoms with Gasteiger partial charge in [-0.05, 0) is 44.9 Å². The molecule has 0 aliphatic carbocycles. The molecule has 0 unspecified atom stereocenters. The smallest absolute Gasteiger partial charge is 0.471 e. The summed E-state index contributed by atoms with van der Waals surface area (Å²) in [5, 5.41) is 4.23. The van der Waals surface area contributed by atoms with Crippen LogP contribution in [0.3, 0.4) is 0 Å². The lowest BCUT2D eigenvalue weighted by Gasteiger charge is -2.20. The van der Waals surface area contributed by atoms with Crippen LogP contribution in [0.5, 0.6) is 5.75 Å². The van der Waals surface area contributed by atoms with Crippen molar-refractivity contribution in [3.63, 3.8) is 0 Å². The maximum Gasteiger partial charge on any atom is 0.471 e. The molecule has 0 saturated carbocycles. The molecule has 8 nitrogen and oxygen atoms in total. The summed E-state index contributed by atoms with van der Waals surface area (Å²) in [4.78, 5) is 34.6. The monoisotopic (exact) mass is 516 g/mol. The highest BCUT2D eigenvalue weighted by Crippen LogP contribution is 2.34. The highest BCUT2D eigenvalue weighted by Gasteiger charge is 2.41. The third-order valence-corrected chi connectivity index (χ3v) is 4.34. The van der Waals surface area contributed by atoms with Crippen molar-refractivity contribution in [2.75, 3.05) is 20.3 Å². The molecule has 0 heterocycles. The Bertz CT molecular complexity index is 836. The van der Waals surface area contributed by atoms with E-state index in [1.54, 1.807) is 26.1 Å². The van der Waals surface area contributed by atoms with Crippen molar-refractivity contribution < 1.29 is 41.8 Å². The van der Waals surface area contributed by atoms with E-state index in [-0.39, 0.29) is 40.9 Å². The van der Waals surface area contributed by atoms with Crippen molar-refractivity contribution in [1.82, 2.24) is 10.6 Å². The van der Waals surface area contributed by atoms with Crippen LogP contribution < -0.4 is 15.4 Å². The molecule has 33 heavy (non-hydrogen) atoms. The van der Waals surface area contributed by atoms with Gasteiger partial charge in [-0.3, -0.25) is 4.79 Å². The third-order valence-electron chi connectivity index (χ3n) is 3.78. The Balaban J connectivity index is 2.72. The molecule has 2 N–H and O–H groups in total. The van der Waals surface area contributed by atoms with E-state index in [4.69, 9.17) is 32.7 Å². The van der Waals surface area contributed by atoms with E-state index in [2.05, 4.69) is 10.1 Å². The highest BCUT2D eigenvalue weighted by atomic mass is 35.5. The largest absolute Gasteiger partial charge is 0.490 e. The van der Waals surface area contributed by atoms with Gasteiger partial charge in [-0.25, -0.2) is 9.59 Å². The van der Waals surface area contributed by atoms with Crippen LogP contribution in [-0.4, -0.2) is 56.1 Å². The third kappa shape index (κ3) is 10.4. The molecule has 0 bridgehead atoms. The van der Waals surface area contributed by atoms with Gasteiger partial charge in [0.15, 0.2) is 5.75 Å². The van der Waals surface area contributed by atoms with E-state index >= 15 is 0 Å². The Hall–Kier alpha value is -2.40. The fourth-order valence-corrected chi connectivity index (χ4v) is 3.07. The van der Waals surface area contributed by atoms with Gasteiger partial charge < -0.3 is 24.8 Å². The van der Waals surface area contributed by atoms with Gasteiger partial charge in [-0.1, -0.05) is 23.2 Å². The number of carbonyl (C=O) groups excluding carboxylic acids is 3. The summed E-state index contributed by atoms with van der Waals surface area (Å²) in [6.07, 6.45) is -5.69. The summed E-state index contributed by atoms with van der Waals surface area (Å²) in [7, 11) is 0.976. The zero-order valence-electron chi connectivity index (χ0n) is 18.4. The van der Waals surface area contributed by atoms with Gasteiger partial charge in [0.2, 0.25) is 0 Å². The Labute approximate surface area is 199 Å². The number of ether oxygens (including phenoxy) is 3. The SMILES string of the molecule is COC(=O)[C@H](Cc1cc(Cl)c(OCCCNC(=O)OC(C)(C)C)c(Cl)c1)NC(=O)C(F)(F)F. The Morgan fingerprint density at radius 2 is 1.67 bits per heavy atom. The van der Waals surface area contributed by atoms with Crippen LogP contribution in [0.25, 0.3) is 0 Å². The molecular formula is C20H25Cl2F3N2O6. The lowest BCUT2D eigenvalue weighted by Crippen LogP contribution is -2.48. The molecular weight excluding hydrogens is 492 g/mol. The van der Waals surface area contributed by atoms with E-state index in [1.807, 2.05) is 0 Å². The Morgan fingerprint density at radius 1 is 1.09 bits per heavy atom. The van der Waals surface area contributed by atoms with Gasteiger partial charge in [-0.2, -0.15) is 13.2 Å². The molecule has 0 fully saturated rings. The minimum absolute atomic E-state index is 0.0448. The van der Waals surface area contributed by atoms with E-state index < -0.39 is 35.8 Å². The summed E-state index contributed by atoms with van der Waals surface area (Å²) in [6, 6.07) is 1.08. The van der Waals surface area contributed by atoms with Crippen LogP contribution in [0.1, 0.15) is 32.8 Å². The van der Waals surface area contributed by atoms with Gasteiger partial charge in [0.25, 0.3) is 0 Å². The number of alkyl halides is 3. The van der Waals surface area contributed by atoms with Gasteiger partial charge in [0.1, 0.15) is 11.6 Å². The first-order valence-corrected chi connectivity index (χ1v) is 10.4. The Morgan fingerprint density at radius 3 is 2.15 bits per heavy atom. The van der Waals surface area contributed by atoms with Gasteiger partial charge in [0, 0.05) is 13.0 Å². The first kappa shape index (κ1) is 28.6. The van der Waals surface area contributed by atoms with Gasteiger partial charge in [0.05, 0.1) is 23.8 Å². The molecule has 1 rings (SSSR count). The normalized spacial score (nSPS) is 12.5. The maximum absolute atomic E-state index is 12.5. The molecule has 186 valence electrons. The second-order valence-electron chi connectivity index (χ2n) is 7.77. The minimum atomic E-state index is -5.17. The molecule has 0 aliphatic heterocycles. The summed E-state index contributed by atoms with van der Waals surface area (Å²) >= 11 is 12.3. The summed E-state index contributed by atoms with van der Waals surface area (Å²) in [6.45, 7) is 5.62. The van der Waals surface area contributed by atoms with Gasteiger partial charge >= 0.3 is 24.1 Å². The van der Waals surface area contributed by atoms with Crippen molar-refractivity contribution in [3.8, 4) is 5.75 Å². The van der Waals surface area contributed by atoms with Crippen molar-refractivity contribution in [3.05, 3.63) is 27.7 Å². The number of amides is 2. The summed E-state index contributed by atoms with van der Waals surface area (Å²) < 4.78 is 52.7. The molecule has 0 saturated heterocycles. The van der Waals surface area contributed by atoms with Crippen molar-refractivity contribution in [2.45, 2.75) is 51.4 Å². The van der Waals surface area contributed by atoms with E-state index in [1.165, 1.54) is 12.1 Å². The van der Waals surface area contributed by atoms with E-state index in [0.29, 0.717) is 6.42 Å². The molecule has 0 radical (unpaired) electrons. The molecule has 0 spiro atoms. The molecule has 0 aromatic heterocycles. The fraction of sp³-hybridized carbons (Fsp3) is 0.550. The average Bonchev–Trinajstić information content (AvgIpc) is 2.66. The molecule has 0 aliphatic rings. The number of alkyl carbamates (subject to hydrolysis) is 1. The number of nitrogens with one attached hydrogen (secondary N) is 2. The highest BCUT2D eigenvalue weighted by molar-refractivity contribution is 6.37. The topological polar surface area (TPSA) is 103 Å². The Kier molecular flexibility index (Phi) is 10.6. The maximum atomic E-state index is 12.5. The van der Waals surface area contributed by atoms with Crippen LogP contribution in [0, 0.1) is 0 Å². The van der Waals surface area contributed by atoms with Crippen LogP contribution >= 0.6 is 23.2 Å². The molecule has 13 heteroatoms. The lowest BCUT2D eigenvalue weighted by atomic mass is 10.1. The summed E-state index contributed by atoms with van der Waals surface area (Å²) in [5.74, 6) is -3.24. The van der Waals surface area contributed by atoms with Crippen LogP contribution in [-0.2, 0) is 25.5 Å². The lowest BCUT2D eigenvalue weighted by molar-refractivity contribution is -0.175. The molecule has 1 aromatic carbocycles. The van der Waals surface area contributed by atoms with E-state index in [0.717, 1.165) is 7.11 Å². The van der Waals surface area contributed by atoms with Crippen molar-refractivity contribution in [2.24, 2.45) is 0 Å².